The molecule has 2 rings (SSSR count). The van der Waals surface area contributed by atoms with Crippen LogP contribution in [-0.4, -0.2) is 13.5 Å². The average Bonchev–Trinajstić information content (AvgIpc) is 2.33. The summed E-state index contributed by atoms with van der Waals surface area (Å²) in [5.74, 6) is 0.000578. The summed E-state index contributed by atoms with van der Waals surface area (Å²) < 4.78 is 27.3. The molecule has 2 N–H and O–H groups in total. The second-order valence-corrected chi connectivity index (χ2v) is 6.73. The van der Waals surface area contributed by atoms with Gasteiger partial charge in [-0.05, 0) is 42.5 Å². The maximum Gasteiger partial charge on any atom is 0.261 e. The molecule has 0 radical (unpaired) electrons. The maximum absolute atomic E-state index is 12.1. The van der Waals surface area contributed by atoms with Crippen molar-refractivity contribution in [1.29, 1.82) is 0 Å². The van der Waals surface area contributed by atoms with Gasteiger partial charge in [-0.3, -0.25) is 4.72 Å². The van der Waals surface area contributed by atoms with Gasteiger partial charge in [0.15, 0.2) is 0 Å². The highest BCUT2D eigenvalue weighted by atomic mass is 79.9. The van der Waals surface area contributed by atoms with Crippen LogP contribution in [0.5, 0.6) is 5.75 Å². The second kappa shape index (κ2) is 5.40. The molecular formula is C12H9BrClNO3S. The van der Waals surface area contributed by atoms with E-state index < -0.39 is 10.0 Å². The Kier molecular flexibility index (Phi) is 4.03. The number of phenolic OH excluding ortho intramolecular Hbond substituents is 1. The highest BCUT2D eigenvalue weighted by Crippen LogP contribution is 2.28. The summed E-state index contributed by atoms with van der Waals surface area (Å²) in [6.45, 7) is 0. The van der Waals surface area contributed by atoms with E-state index in [9.17, 15) is 8.42 Å². The van der Waals surface area contributed by atoms with Gasteiger partial charge < -0.3 is 5.11 Å². The number of rotatable bonds is 3. The minimum atomic E-state index is -3.73. The molecule has 0 saturated heterocycles. The Labute approximate surface area is 124 Å². The van der Waals surface area contributed by atoms with E-state index in [1.54, 1.807) is 18.2 Å². The van der Waals surface area contributed by atoms with Crippen LogP contribution >= 0.6 is 27.5 Å². The Morgan fingerprint density at radius 1 is 1.11 bits per heavy atom. The van der Waals surface area contributed by atoms with Crippen molar-refractivity contribution in [2.75, 3.05) is 4.72 Å². The zero-order chi connectivity index (χ0) is 14.0. The predicted octanol–water partition coefficient (Wildman–Crippen LogP) is 3.61. The molecule has 0 atom stereocenters. The predicted molar refractivity (Wildman–Crippen MR) is 78.1 cm³/mol. The molecule has 0 unspecified atom stereocenters. The normalized spacial score (nSPS) is 11.3. The zero-order valence-electron chi connectivity index (χ0n) is 9.47. The van der Waals surface area contributed by atoms with Crippen LogP contribution in [0.25, 0.3) is 0 Å². The van der Waals surface area contributed by atoms with E-state index in [-0.39, 0.29) is 21.4 Å². The number of phenols is 1. The molecule has 0 aliphatic carbocycles. The third-order valence-corrected chi connectivity index (χ3v) is 4.51. The molecule has 0 bridgehead atoms. The van der Waals surface area contributed by atoms with Crippen LogP contribution in [0.15, 0.2) is 51.8 Å². The summed E-state index contributed by atoms with van der Waals surface area (Å²) in [7, 11) is -3.73. The average molecular weight is 363 g/mol. The van der Waals surface area contributed by atoms with Crippen LogP contribution in [0.3, 0.4) is 0 Å². The fraction of sp³-hybridized carbons (Fsp3) is 0. The third-order valence-electron chi connectivity index (χ3n) is 2.32. The van der Waals surface area contributed by atoms with Gasteiger partial charge in [0.1, 0.15) is 5.75 Å². The fourth-order valence-electron chi connectivity index (χ4n) is 1.40. The minimum absolute atomic E-state index is 0.000578. The van der Waals surface area contributed by atoms with Gasteiger partial charge in [-0.15, -0.1) is 0 Å². The zero-order valence-corrected chi connectivity index (χ0v) is 12.6. The molecule has 0 aromatic heterocycles. The molecule has 0 aliphatic heterocycles. The Morgan fingerprint density at radius 2 is 1.74 bits per heavy atom. The number of nitrogens with one attached hydrogen (secondary N) is 1. The van der Waals surface area contributed by atoms with Crippen molar-refractivity contribution in [1.82, 2.24) is 0 Å². The number of halogens is 2. The van der Waals surface area contributed by atoms with E-state index >= 15 is 0 Å². The lowest BCUT2D eigenvalue weighted by atomic mass is 10.3. The Morgan fingerprint density at radius 3 is 2.32 bits per heavy atom. The standard InChI is InChI=1S/C12H9BrClNO3S/c13-8-1-6-12(11(14)7-8)15-19(17,18)10-4-2-9(16)3-5-10/h1-7,15-16H. The summed E-state index contributed by atoms with van der Waals surface area (Å²) in [4.78, 5) is 0.0456. The molecule has 0 amide bonds. The SMILES string of the molecule is O=S(=O)(Nc1ccc(Br)cc1Cl)c1ccc(O)cc1. The molecule has 2 aromatic carbocycles. The van der Waals surface area contributed by atoms with Crippen molar-refractivity contribution in [2.45, 2.75) is 4.90 Å². The van der Waals surface area contributed by atoms with E-state index in [2.05, 4.69) is 20.7 Å². The second-order valence-electron chi connectivity index (χ2n) is 3.72. The molecule has 0 fully saturated rings. The van der Waals surface area contributed by atoms with Crippen LogP contribution in [0.2, 0.25) is 5.02 Å². The van der Waals surface area contributed by atoms with Crippen molar-refractivity contribution >= 4 is 43.2 Å². The number of sulfonamides is 1. The molecular weight excluding hydrogens is 354 g/mol. The van der Waals surface area contributed by atoms with Gasteiger partial charge >= 0.3 is 0 Å². The van der Waals surface area contributed by atoms with Crippen molar-refractivity contribution in [3.8, 4) is 5.75 Å². The first-order chi connectivity index (χ1) is 8.88. The molecule has 2 aromatic rings. The summed E-state index contributed by atoms with van der Waals surface area (Å²) in [5.41, 5.74) is 0.290. The van der Waals surface area contributed by atoms with Gasteiger partial charge in [-0.2, -0.15) is 0 Å². The van der Waals surface area contributed by atoms with Crippen LogP contribution in [0.4, 0.5) is 5.69 Å². The number of hydrogen-bond acceptors (Lipinski definition) is 3. The van der Waals surface area contributed by atoms with Crippen LogP contribution in [-0.2, 0) is 10.0 Å². The highest BCUT2D eigenvalue weighted by molar-refractivity contribution is 9.10. The monoisotopic (exact) mass is 361 g/mol. The molecule has 100 valence electrons. The van der Waals surface area contributed by atoms with Gasteiger partial charge in [-0.1, -0.05) is 27.5 Å². The van der Waals surface area contributed by atoms with Crippen molar-refractivity contribution in [3.63, 3.8) is 0 Å². The lowest BCUT2D eigenvalue weighted by molar-refractivity contribution is 0.475. The molecule has 19 heavy (non-hydrogen) atoms. The fourth-order valence-corrected chi connectivity index (χ4v) is 3.26. The van der Waals surface area contributed by atoms with Gasteiger partial charge in [0.25, 0.3) is 10.0 Å². The van der Waals surface area contributed by atoms with E-state index in [1.807, 2.05) is 0 Å². The Balaban J connectivity index is 2.33. The van der Waals surface area contributed by atoms with Gasteiger partial charge in [0.2, 0.25) is 0 Å². The topological polar surface area (TPSA) is 66.4 Å². The largest absolute Gasteiger partial charge is 0.508 e. The summed E-state index contributed by atoms with van der Waals surface area (Å²) in [6.07, 6.45) is 0. The molecule has 4 nitrogen and oxygen atoms in total. The van der Waals surface area contributed by atoms with Crippen LogP contribution in [0.1, 0.15) is 0 Å². The van der Waals surface area contributed by atoms with Gasteiger partial charge in [-0.25, -0.2) is 8.42 Å². The summed E-state index contributed by atoms with van der Waals surface area (Å²) in [6, 6.07) is 10.1. The first kappa shape index (κ1) is 14.2. The molecule has 7 heteroatoms. The smallest absolute Gasteiger partial charge is 0.261 e. The molecule has 0 heterocycles. The lowest BCUT2D eigenvalue weighted by Gasteiger charge is -2.09. The quantitative estimate of drug-likeness (QED) is 0.876. The van der Waals surface area contributed by atoms with Crippen LogP contribution in [0, 0.1) is 0 Å². The number of anilines is 1. The number of benzene rings is 2. The summed E-state index contributed by atoms with van der Waals surface area (Å²) in [5, 5.41) is 9.43. The van der Waals surface area contributed by atoms with E-state index in [0.29, 0.717) is 0 Å². The van der Waals surface area contributed by atoms with Gasteiger partial charge in [0.05, 0.1) is 15.6 Å². The number of aromatic hydroxyl groups is 1. The van der Waals surface area contributed by atoms with E-state index in [4.69, 9.17) is 16.7 Å². The van der Waals surface area contributed by atoms with Crippen molar-refractivity contribution in [3.05, 3.63) is 52.0 Å². The van der Waals surface area contributed by atoms with E-state index in [0.717, 1.165) is 4.47 Å². The molecule has 0 aliphatic rings. The van der Waals surface area contributed by atoms with E-state index in [1.165, 1.54) is 24.3 Å². The molecule has 0 spiro atoms. The first-order valence-corrected chi connectivity index (χ1v) is 7.81. The Bertz CT molecular complexity index is 701. The minimum Gasteiger partial charge on any atom is -0.508 e. The van der Waals surface area contributed by atoms with Crippen molar-refractivity contribution in [2.24, 2.45) is 0 Å². The highest BCUT2D eigenvalue weighted by Gasteiger charge is 2.15. The van der Waals surface area contributed by atoms with Crippen molar-refractivity contribution < 1.29 is 13.5 Å². The Hall–Kier alpha value is -1.24. The number of hydrogen-bond donors (Lipinski definition) is 2. The van der Waals surface area contributed by atoms with Crippen LogP contribution < -0.4 is 4.72 Å². The summed E-state index contributed by atoms with van der Waals surface area (Å²) >= 11 is 9.19. The lowest BCUT2D eigenvalue weighted by Crippen LogP contribution is -2.13. The maximum atomic E-state index is 12.1. The van der Waals surface area contributed by atoms with Gasteiger partial charge in [0, 0.05) is 4.47 Å². The third kappa shape index (κ3) is 3.40. The first-order valence-electron chi connectivity index (χ1n) is 5.15. The molecule has 0 saturated carbocycles.